The molecule has 4 rings (SSSR count). The van der Waals surface area contributed by atoms with Crippen LogP contribution in [-0.2, 0) is 0 Å². The van der Waals surface area contributed by atoms with Crippen molar-refractivity contribution < 1.29 is 13.5 Å². The van der Waals surface area contributed by atoms with Crippen LogP contribution in [0, 0.1) is 5.92 Å². The van der Waals surface area contributed by atoms with E-state index < -0.39 is 6.61 Å². The van der Waals surface area contributed by atoms with Gasteiger partial charge in [-0.15, -0.1) is 0 Å². The molecule has 0 amide bonds. The summed E-state index contributed by atoms with van der Waals surface area (Å²) in [5.41, 5.74) is 8.26. The standard InChI is InChI=1S/C25H38F2N6O/c1-15(2)31-6-8-32(9-7-31)19-10-17(5)20(12-19)22-13-21(30-33(22)16(3)4)18-11-23(34-25(26)27)24(28)29-14-18/h11,13-17,19-20,25H,6-10,12H2,1-5H3,(H2,28,29)/t17-,19+,20?/m0/s1. The first-order valence-corrected chi connectivity index (χ1v) is 12.4. The predicted molar refractivity (Wildman–Crippen MR) is 130 cm³/mol. The van der Waals surface area contributed by atoms with E-state index in [0.29, 0.717) is 35.2 Å². The molecule has 7 nitrogen and oxygen atoms in total. The van der Waals surface area contributed by atoms with Gasteiger partial charge in [-0.2, -0.15) is 13.9 Å². The first-order valence-electron chi connectivity index (χ1n) is 12.4. The van der Waals surface area contributed by atoms with Crippen molar-refractivity contribution in [3.8, 4) is 17.0 Å². The van der Waals surface area contributed by atoms with E-state index in [0.717, 1.165) is 32.6 Å². The zero-order valence-electron chi connectivity index (χ0n) is 20.9. The van der Waals surface area contributed by atoms with Crippen molar-refractivity contribution in [3.05, 3.63) is 24.0 Å². The number of hydrogen-bond donors (Lipinski definition) is 1. The highest BCUT2D eigenvalue weighted by molar-refractivity contribution is 5.64. The van der Waals surface area contributed by atoms with Crippen LogP contribution in [0.2, 0.25) is 0 Å². The van der Waals surface area contributed by atoms with Crippen molar-refractivity contribution >= 4 is 5.82 Å². The average Bonchev–Trinajstić information content (AvgIpc) is 3.39. The molecule has 2 N–H and O–H groups in total. The van der Waals surface area contributed by atoms with Crippen molar-refractivity contribution in [2.75, 3.05) is 31.9 Å². The first-order chi connectivity index (χ1) is 16.1. The minimum atomic E-state index is -2.96. The number of anilines is 1. The van der Waals surface area contributed by atoms with Gasteiger partial charge in [0.05, 0.1) is 5.69 Å². The van der Waals surface area contributed by atoms with E-state index in [1.165, 1.54) is 18.2 Å². The van der Waals surface area contributed by atoms with Crippen LogP contribution in [0.3, 0.4) is 0 Å². The molecule has 2 fully saturated rings. The van der Waals surface area contributed by atoms with Crippen molar-refractivity contribution in [3.63, 3.8) is 0 Å². The lowest BCUT2D eigenvalue weighted by Gasteiger charge is -2.40. The maximum atomic E-state index is 12.8. The Bertz CT molecular complexity index is 970. The van der Waals surface area contributed by atoms with E-state index in [4.69, 9.17) is 10.8 Å². The Morgan fingerprint density at radius 3 is 2.35 bits per heavy atom. The lowest BCUT2D eigenvalue weighted by Crippen LogP contribution is -2.51. The molecule has 2 aliphatic rings. The number of nitrogens with two attached hydrogens (primary N) is 1. The van der Waals surface area contributed by atoms with Gasteiger partial charge in [-0.1, -0.05) is 6.92 Å². The van der Waals surface area contributed by atoms with E-state index in [2.05, 4.69) is 64.9 Å². The molecule has 188 valence electrons. The molecule has 3 atom stereocenters. The topological polar surface area (TPSA) is 72.4 Å². The van der Waals surface area contributed by atoms with E-state index >= 15 is 0 Å². The van der Waals surface area contributed by atoms with Gasteiger partial charge >= 0.3 is 6.61 Å². The van der Waals surface area contributed by atoms with Gasteiger partial charge in [-0.05, 0) is 58.6 Å². The summed E-state index contributed by atoms with van der Waals surface area (Å²) < 4.78 is 32.2. The van der Waals surface area contributed by atoms with Crippen LogP contribution in [0.1, 0.15) is 65.1 Å². The summed E-state index contributed by atoms with van der Waals surface area (Å²) in [5, 5.41) is 4.85. The van der Waals surface area contributed by atoms with Crippen LogP contribution in [-0.4, -0.2) is 69.4 Å². The summed E-state index contributed by atoms with van der Waals surface area (Å²) in [6.45, 7) is 12.7. The zero-order chi connectivity index (χ0) is 24.6. The van der Waals surface area contributed by atoms with E-state index in [9.17, 15) is 8.78 Å². The minimum Gasteiger partial charge on any atom is -0.431 e. The number of hydrogen-bond acceptors (Lipinski definition) is 6. The number of alkyl halides is 2. The molecular weight excluding hydrogens is 438 g/mol. The van der Waals surface area contributed by atoms with Gasteiger partial charge in [0.15, 0.2) is 11.6 Å². The van der Waals surface area contributed by atoms with Crippen molar-refractivity contribution in [2.45, 2.75) is 78.1 Å². The molecule has 34 heavy (non-hydrogen) atoms. The van der Waals surface area contributed by atoms with Crippen molar-refractivity contribution in [1.82, 2.24) is 24.6 Å². The lowest BCUT2D eigenvalue weighted by molar-refractivity contribution is -0.0494. The molecule has 1 unspecified atom stereocenters. The van der Waals surface area contributed by atoms with Gasteiger partial charge in [0.2, 0.25) is 0 Å². The second kappa shape index (κ2) is 10.2. The van der Waals surface area contributed by atoms with Crippen molar-refractivity contribution in [1.29, 1.82) is 0 Å². The van der Waals surface area contributed by atoms with E-state index in [1.807, 2.05) is 0 Å². The fourth-order valence-electron chi connectivity index (χ4n) is 5.57. The molecule has 9 heteroatoms. The zero-order valence-corrected chi connectivity index (χ0v) is 20.9. The Kier molecular flexibility index (Phi) is 7.42. The lowest BCUT2D eigenvalue weighted by atomic mass is 9.93. The van der Waals surface area contributed by atoms with E-state index in [1.54, 1.807) is 6.20 Å². The molecule has 1 saturated carbocycles. The number of pyridine rings is 1. The van der Waals surface area contributed by atoms with Gasteiger partial charge in [0, 0.05) is 67.7 Å². The summed E-state index contributed by atoms with van der Waals surface area (Å²) in [4.78, 5) is 9.28. The third-order valence-electron chi connectivity index (χ3n) is 7.48. The third kappa shape index (κ3) is 5.20. The molecule has 0 aromatic carbocycles. The molecule has 2 aromatic heterocycles. The molecular formula is C25H38F2N6O. The monoisotopic (exact) mass is 476 g/mol. The normalized spacial score (nSPS) is 24.6. The molecule has 0 bridgehead atoms. The Morgan fingerprint density at radius 1 is 1.03 bits per heavy atom. The largest absolute Gasteiger partial charge is 0.431 e. The van der Waals surface area contributed by atoms with E-state index in [-0.39, 0.29) is 17.6 Å². The van der Waals surface area contributed by atoms with Crippen LogP contribution >= 0.6 is 0 Å². The highest BCUT2D eigenvalue weighted by Gasteiger charge is 2.38. The fraction of sp³-hybridized carbons (Fsp3) is 0.680. The Hall–Kier alpha value is -2.26. The average molecular weight is 477 g/mol. The second-order valence-electron chi connectivity index (χ2n) is 10.4. The highest BCUT2D eigenvalue weighted by atomic mass is 19.3. The first kappa shape index (κ1) is 24.9. The van der Waals surface area contributed by atoms with Gasteiger partial charge in [-0.25, -0.2) is 4.98 Å². The minimum absolute atomic E-state index is 0.0580. The molecule has 1 aliphatic heterocycles. The SMILES string of the molecule is CC(C)N1CCN([C@H]2CC(c3cc(-c4cnc(N)c(OC(F)F)c4)nn3C(C)C)[C@@H](C)C2)CC1. The maximum absolute atomic E-state index is 12.8. The Balaban J connectivity index is 1.55. The summed E-state index contributed by atoms with van der Waals surface area (Å²) in [6, 6.07) is 4.96. The van der Waals surface area contributed by atoms with Gasteiger partial charge < -0.3 is 10.5 Å². The second-order valence-corrected chi connectivity index (χ2v) is 10.4. The Morgan fingerprint density at radius 2 is 1.74 bits per heavy atom. The number of rotatable bonds is 7. The van der Waals surface area contributed by atoms with Crippen LogP contribution in [0.5, 0.6) is 5.75 Å². The molecule has 1 aliphatic carbocycles. The number of aromatic nitrogens is 3. The van der Waals surface area contributed by atoms with Crippen LogP contribution < -0.4 is 10.5 Å². The van der Waals surface area contributed by atoms with Gasteiger partial charge in [0.25, 0.3) is 0 Å². The van der Waals surface area contributed by atoms with Crippen LogP contribution in [0.25, 0.3) is 11.3 Å². The number of nitrogen functional groups attached to an aromatic ring is 1. The summed E-state index contributed by atoms with van der Waals surface area (Å²) in [5.74, 6) is 0.758. The maximum Gasteiger partial charge on any atom is 0.387 e. The quantitative estimate of drug-likeness (QED) is 0.629. The van der Waals surface area contributed by atoms with Gasteiger partial charge in [0.1, 0.15) is 0 Å². The molecule has 1 saturated heterocycles. The molecule has 0 radical (unpaired) electrons. The fourth-order valence-corrected chi connectivity index (χ4v) is 5.57. The number of piperazine rings is 1. The highest BCUT2D eigenvalue weighted by Crippen LogP contribution is 2.43. The Labute approximate surface area is 201 Å². The number of ether oxygens (including phenoxy) is 1. The van der Waals surface area contributed by atoms with Gasteiger partial charge in [-0.3, -0.25) is 14.5 Å². The predicted octanol–water partition coefficient (Wildman–Crippen LogP) is 4.62. The molecule has 3 heterocycles. The van der Waals surface area contributed by atoms with Crippen LogP contribution in [0.4, 0.5) is 14.6 Å². The number of nitrogens with zero attached hydrogens (tertiary/aromatic N) is 5. The smallest absolute Gasteiger partial charge is 0.387 e. The summed E-state index contributed by atoms with van der Waals surface area (Å²) in [7, 11) is 0. The molecule has 0 spiro atoms. The molecule has 2 aromatic rings. The number of halogens is 2. The van der Waals surface area contributed by atoms with Crippen molar-refractivity contribution in [2.24, 2.45) is 5.92 Å². The van der Waals surface area contributed by atoms with Crippen LogP contribution in [0.15, 0.2) is 18.3 Å². The third-order valence-corrected chi connectivity index (χ3v) is 7.48. The summed E-state index contributed by atoms with van der Waals surface area (Å²) in [6.07, 6.45) is 3.86. The summed E-state index contributed by atoms with van der Waals surface area (Å²) >= 11 is 0.